The molecule has 1 fully saturated rings. The topological polar surface area (TPSA) is 82.8 Å². The maximum Gasteiger partial charge on any atom is 0.258 e. The molecule has 2 heterocycles. The van der Waals surface area contributed by atoms with Gasteiger partial charge >= 0.3 is 0 Å². The van der Waals surface area contributed by atoms with Crippen molar-refractivity contribution in [2.75, 3.05) is 0 Å². The molecule has 0 saturated heterocycles. The highest BCUT2D eigenvalue weighted by Gasteiger charge is 2.36. The van der Waals surface area contributed by atoms with Gasteiger partial charge in [0.15, 0.2) is 5.82 Å². The first-order chi connectivity index (χ1) is 11.2. The van der Waals surface area contributed by atoms with Crippen molar-refractivity contribution in [1.82, 2.24) is 19.9 Å². The molecular weight excluding hydrogens is 326 g/mol. The highest BCUT2D eigenvalue weighted by atomic mass is 35.5. The van der Waals surface area contributed by atoms with Crippen LogP contribution in [0.15, 0.2) is 47.2 Å². The molecule has 0 radical (unpaired) electrons. The van der Waals surface area contributed by atoms with Crippen molar-refractivity contribution in [2.45, 2.75) is 37.8 Å². The number of aromatic nitrogens is 4. The molecule has 2 N–H and O–H groups in total. The summed E-state index contributed by atoms with van der Waals surface area (Å²) >= 11 is 0. The molecule has 24 heavy (non-hydrogen) atoms. The molecule has 7 heteroatoms. The summed E-state index contributed by atoms with van der Waals surface area (Å²) in [6, 6.07) is 9.93. The van der Waals surface area contributed by atoms with Gasteiger partial charge in [0, 0.05) is 18.0 Å². The fourth-order valence-corrected chi connectivity index (χ4v) is 3.20. The Balaban J connectivity index is 0.00000169. The molecule has 0 aliphatic heterocycles. The van der Waals surface area contributed by atoms with Gasteiger partial charge in [0.1, 0.15) is 0 Å². The van der Waals surface area contributed by atoms with Crippen LogP contribution in [-0.4, -0.2) is 19.9 Å². The van der Waals surface area contributed by atoms with Crippen LogP contribution in [0.5, 0.6) is 0 Å². The number of benzene rings is 1. The van der Waals surface area contributed by atoms with Gasteiger partial charge in [-0.25, -0.2) is 0 Å². The maximum absolute atomic E-state index is 6.42. The SMILES string of the molecule is Cl.NC1(c2noc(-c3ccccc3Cn3cccn3)n2)CCCC1. The lowest BCUT2D eigenvalue weighted by molar-refractivity contribution is 0.372. The van der Waals surface area contributed by atoms with E-state index in [1.165, 1.54) is 0 Å². The average Bonchev–Trinajstić information content (AvgIpc) is 3.29. The highest BCUT2D eigenvalue weighted by molar-refractivity contribution is 5.85. The third-order valence-corrected chi connectivity index (χ3v) is 4.51. The third-order valence-electron chi connectivity index (χ3n) is 4.51. The number of hydrogen-bond acceptors (Lipinski definition) is 5. The molecule has 0 unspecified atom stereocenters. The Hall–Kier alpha value is -2.18. The van der Waals surface area contributed by atoms with Crippen LogP contribution >= 0.6 is 12.4 Å². The second kappa shape index (κ2) is 6.75. The summed E-state index contributed by atoms with van der Waals surface area (Å²) in [5, 5.41) is 8.41. The summed E-state index contributed by atoms with van der Waals surface area (Å²) in [5.41, 5.74) is 8.01. The van der Waals surface area contributed by atoms with Gasteiger partial charge in [0.2, 0.25) is 0 Å². The Bertz CT molecular complexity index is 793. The Labute approximate surface area is 146 Å². The van der Waals surface area contributed by atoms with Crippen LogP contribution in [0.4, 0.5) is 0 Å². The van der Waals surface area contributed by atoms with E-state index in [4.69, 9.17) is 10.3 Å². The van der Waals surface area contributed by atoms with Crippen LogP contribution in [0, 0.1) is 0 Å². The molecule has 6 nitrogen and oxygen atoms in total. The summed E-state index contributed by atoms with van der Waals surface area (Å²) in [5.74, 6) is 1.15. The van der Waals surface area contributed by atoms with E-state index in [9.17, 15) is 0 Å². The van der Waals surface area contributed by atoms with Crippen molar-refractivity contribution >= 4 is 12.4 Å². The second-order valence-electron chi connectivity index (χ2n) is 6.15. The van der Waals surface area contributed by atoms with E-state index in [2.05, 4.69) is 21.3 Å². The van der Waals surface area contributed by atoms with Crippen molar-refractivity contribution in [3.8, 4) is 11.5 Å². The van der Waals surface area contributed by atoms with E-state index in [1.807, 2.05) is 35.1 Å². The molecule has 0 amide bonds. The van der Waals surface area contributed by atoms with Gasteiger partial charge < -0.3 is 10.3 Å². The maximum atomic E-state index is 6.42. The van der Waals surface area contributed by atoms with Crippen molar-refractivity contribution < 1.29 is 4.52 Å². The van der Waals surface area contributed by atoms with Gasteiger partial charge in [-0.2, -0.15) is 10.1 Å². The average molecular weight is 346 g/mol. The largest absolute Gasteiger partial charge is 0.334 e. The normalized spacial score (nSPS) is 16.0. The Morgan fingerprint density at radius 3 is 2.71 bits per heavy atom. The molecule has 2 aromatic heterocycles. The summed E-state index contributed by atoms with van der Waals surface area (Å²) in [7, 11) is 0. The van der Waals surface area contributed by atoms with E-state index in [-0.39, 0.29) is 12.4 Å². The van der Waals surface area contributed by atoms with E-state index < -0.39 is 5.54 Å². The molecular formula is C17H20ClN5O. The molecule has 1 aliphatic carbocycles. The number of nitrogens with zero attached hydrogens (tertiary/aromatic N) is 4. The zero-order valence-corrected chi connectivity index (χ0v) is 14.1. The predicted octanol–water partition coefficient (Wildman–Crippen LogP) is 3.13. The van der Waals surface area contributed by atoms with E-state index in [0.29, 0.717) is 18.3 Å². The lowest BCUT2D eigenvalue weighted by atomic mass is 9.98. The number of hydrogen-bond donors (Lipinski definition) is 1. The number of nitrogens with two attached hydrogens (primary N) is 1. The lowest BCUT2D eigenvalue weighted by Gasteiger charge is -2.17. The van der Waals surface area contributed by atoms with Crippen molar-refractivity contribution in [2.24, 2.45) is 5.73 Å². The third kappa shape index (κ3) is 3.07. The zero-order valence-electron chi connectivity index (χ0n) is 13.3. The number of rotatable bonds is 4. The number of halogens is 1. The minimum Gasteiger partial charge on any atom is -0.334 e. The van der Waals surface area contributed by atoms with Gasteiger partial charge in [-0.05, 0) is 30.5 Å². The second-order valence-corrected chi connectivity index (χ2v) is 6.15. The van der Waals surface area contributed by atoms with Gasteiger partial charge in [-0.3, -0.25) is 4.68 Å². The summed E-state index contributed by atoms with van der Waals surface area (Å²) in [6.45, 7) is 0.661. The monoisotopic (exact) mass is 345 g/mol. The van der Waals surface area contributed by atoms with Gasteiger partial charge in [0.05, 0.1) is 12.1 Å². The Morgan fingerprint density at radius 2 is 1.96 bits per heavy atom. The first-order valence-corrected chi connectivity index (χ1v) is 7.93. The van der Waals surface area contributed by atoms with E-state index in [0.717, 1.165) is 36.8 Å². The van der Waals surface area contributed by atoms with Crippen molar-refractivity contribution in [1.29, 1.82) is 0 Å². The lowest BCUT2D eigenvalue weighted by Crippen LogP contribution is -2.34. The van der Waals surface area contributed by atoms with E-state index >= 15 is 0 Å². The van der Waals surface area contributed by atoms with Gasteiger partial charge in [0.25, 0.3) is 5.89 Å². The molecule has 4 rings (SSSR count). The van der Waals surface area contributed by atoms with Crippen LogP contribution in [0.1, 0.15) is 37.1 Å². The predicted molar refractivity (Wildman–Crippen MR) is 92.6 cm³/mol. The summed E-state index contributed by atoms with van der Waals surface area (Å²) in [6.07, 6.45) is 7.78. The van der Waals surface area contributed by atoms with Crippen molar-refractivity contribution in [3.05, 3.63) is 54.1 Å². The first-order valence-electron chi connectivity index (χ1n) is 7.93. The minimum atomic E-state index is -0.432. The van der Waals surface area contributed by atoms with Crippen molar-refractivity contribution in [3.63, 3.8) is 0 Å². The molecule has 1 aliphatic rings. The Kier molecular flexibility index (Phi) is 4.69. The van der Waals surface area contributed by atoms with Gasteiger partial charge in [-0.1, -0.05) is 36.2 Å². The molecule has 1 saturated carbocycles. The zero-order chi connectivity index (χ0) is 15.7. The molecule has 0 spiro atoms. The summed E-state index contributed by atoms with van der Waals surface area (Å²) in [4.78, 5) is 4.59. The Morgan fingerprint density at radius 1 is 1.17 bits per heavy atom. The van der Waals surface area contributed by atoms with Crippen LogP contribution in [0.3, 0.4) is 0 Å². The van der Waals surface area contributed by atoms with E-state index in [1.54, 1.807) is 6.20 Å². The van der Waals surface area contributed by atoms with Crippen LogP contribution < -0.4 is 5.73 Å². The van der Waals surface area contributed by atoms with Crippen LogP contribution in [0.2, 0.25) is 0 Å². The van der Waals surface area contributed by atoms with Crippen LogP contribution in [0.25, 0.3) is 11.5 Å². The fourth-order valence-electron chi connectivity index (χ4n) is 3.20. The standard InChI is InChI=1S/C17H19N5O.ClH/c18-17(8-3-4-9-17)16-20-15(23-21-16)14-7-2-1-6-13(14)12-22-11-5-10-19-22;/h1-2,5-7,10-11H,3-4,8-9,12,18H2;1H. The molecule has 3 aromatic rings. The van der Waals surface area contributed by atoms with Crippen LogP contribution in [-0.2, 0) is 12.1 Å². The molecule has 0 bridgehead atoms. The first kappa shape index (κ1) is 16.7. The fraction of sp³-hybridized carbons (Fsp3) is 0.353. The summed E-state index contributed by atoms with van der Waals surface area (Å²) < 4.78 is 7.39. The highest BCUT2D eigenvalue weighted by Crippen LogP contribution is 2.35. The van der Waals surface area contributed by atoms with Gasteiger partial charge in [-0.15, -0.1) is 12.4 Å². The molecule has 1 aromatic carbocycles. The smallest absolute Gasteiger partial charge is 0.258 e. The minimum absolute atomic E-state index is 0. The quantitative estimate of drug-likeness (QED) is 0.785. The molecule has 126 valence electrons. The molecule has 0 atom stereocenters.